The van der Waals surface area contributed by atoms with Crippen LogP contribution in [0.4, 0.5) is 0 Å². The molecule has 3 aromatic carbocycles. The number of fused-ring (bicyclic) bond motifs is 1. The van der Waals surface area contributed by atoms with Gasteiger partial charge in [-0.25, -0.2) is 9.59 Å². The van der Waals surface area contributed by atoms with Crippen LogP contribution in [0.5, 0.6) is 5.75 Å². The molecule has 0 radical (unpaired) electrons. The Kier molecular flexibility index (Phi) is 5.83. The minimum absolute atomic E-state index is 0.00622. The number of esters is 2. The maximum atomic E-state index is 11.8. The number of benzene rings is 3. The summed E-state index contributed by atoms with van der Waals surface area (Å²) in [5, 5.41) is 1.96. The van der Waals surface area contributed by atoms with Crippen molar-refractivity contribution in [2.75, 3.05) is 19.8 Å². The maximum absolute atomic E-state index is 11.8. The van der Waals surface area contributed by atoms with Gasteiger partial charge in [-0.3, -0.25) is 0 Å². The smallest absolute Gasteiger partial charge is 0.344 e. The number of rotatable bonds is 7. The Bertz CT molecular complexity index is 884. The zero-order chi connectivity index (χ0) is 18.2. The highest BCUT2D eigenvalue weighted by Gasteiger charge is 2.09. The van der Waals surface area contributed by atoms with E-state index in [4.69, 9.17) is 14.2 Å². The van der Waals surface area contributed by atoms with E-state index in [0.717, 1.165) is 10.8 Å². The van der Waals surface area contributed by atoms with Crippen molar-refractivity contribution in [3.63, 3.8) is 0 Å². The van der Waals surface area contributed by atoms with Crippen LogP contribution in [0.2, 0.25) is 0 Å². The van der Waals surface area contributed by atoms with Crippen LogP contribution in [-0.2, 0) is 14.3 Å². The molecule has 0 saturated heterocycles. The lowest BCUT2D eigenvalue weighted by Crippen LogP contribution is -2.18. The van der Waals surface area contributed by atoms with Gasteiger partial charge >= 0.3 is 11.9 Å². The summed E-state index contributed by atoms with van der Waals surface area (Å²) in [6.07, 6.45) is 0. The molecule has 0 fully saturated rings. The Balaban J connectivity index is 1.41. The monoisotopic (exact) mass is 350 g/mol. The minimum Gasteiger partial charge on any atom is -0.481 e. The Morgan fingerprint density at radius 1 is 0.731 bits per heavy atom. The standard InChI is InChI=1S/C21H18O5/c22-20(24-13-14-25-21(23)17-8-2-1-3-9-17)15-26-19-12-6-10-16-7-4-5-11-18(16)19/h1-12H,13-15H2. The number of carbonyl (C=O) groups excluding carboxylic acids is 2. The maximum Gasteiger partial charge on any atom is 0.344 e. The van der Waals surface area contributed by atoms with Crippen molar-refractivity contribution in [2.24, 2.45) is 0 Å². The molecule has 5 nitrogen and oxygen atoms in total. The number of hydrogen-bond acceptors (Lipinski definition) is 5. The highest BCUT2D eigenvalue weighted by Crippen LogP contribution is 2.24. The van der Waals surface area contributed by atoms with Gasteiger partial charge in [0.15, 0.2) is 6.61 Å². The second-order valence-electron chi connectivity index (χ2n) is 5.49. The Labute approximate surface area is 151 Å². The Hall–Kier alpha value is -3.34. The molecule has 0 saturated carbocycles. The van der Waals surface area contributed by atoms with Crippen molar-refractivity contribution in [3.05, 3.63) is 78.4 Å². The first-order chi connectivity index (χ1) is 12.7. The van der Waals surface area contributed by atoms with E-state index in [-0.39, 0.29) is 19.8 Å². The summed E-state index contributed by atoms with van der Waals surface area (Å²) in [4.78, 5) is 23.5. The van der Waals surface area contributed by atoms with Gasteiger partial charge in [0.25, 0.3) is 0 Å². The van der Waals surface area contributed by atoms with Gasteiger partial charge in [-0.2, -0.15) is 0 Å². The second kappa shape index (κ2) is 8.67. The third kappa shape index (κ3) is 4.60. The molecule has 0 aromatic heterocycles. The van der Waals surface area contributed by atoms with E-state index in [2.05, 4.69) is 0 Å². The number of hydrogen-bond donors (Lipinski definition) is 0. The molecule has 5 heteroatoms. The van der Waals surface area contributed by atoms with Gasteiger partial charge in [-0.1, -0.05) is 54.6 Å². The number of carbonyl (C=O) groups is 2. The quantitative estimate of drug-likeness (QED) is 0.481. The highest BCUT2D eigenvalue weighted by atomic mass is 16.6. The van der Waals surface area contributed by atoms with Gasteiger partial charge in [0.2, 0.25) is 0 Å². The number of ether oxygens (including phenoxy) is 3. The molecule has 26 heavy (non-hydrogen) atoms. The molecule has 3 aromatic rings. The molecule has 0 aliphatic carbocycles. The third-order valence-electron chi connectivity index (χ3n) is 3.68. The lowest BCUT2D eigenvalue weighted by atomic mass is 10.1. The average Bonchev–Trinajstić information content (AvgIpc) is 2.70. The van der Waals surface area contributed by atoms with E-state index in [9.17, 15) is 9.59 Å². The highest BCUT2D eigenvalue weighted by molar-refractivity contribution is 5.89. The normalized spacial score (nSPS) is 10.3. The Morgan fingerprint density at radius 3 is 2.27 bits per heavy atom. The predicted molar refractivity (Wildman–Crippen MR) is 97.1 cm³/mol. The van der Waals surface area contributed by atoms with Gasteiger partial charge in [0.05, 0.1) is 5.56 Å². The largest absolute Gasteiger partial charge is 0.481 e. The molecule has 0 unspecified atom stereocenters. The molecule has 0 aliphatic heterocycles. The van der Waals surface area contributed by atoms with Crippen LogP contribution in [0.1, 0.15) is 10.4 Å². The van der Waals surface area contributed by atoms with Crippen LogP contribution in [0, 0.1) is 0 Å². The fourth-order valence-corrected chi connectivity index (χ4v) is 2.45. The first-order valence-electron chi connectivity index (χ1n) is 8.22. The molecule has 3 rings (SSSR count). The molecule has 0 bridgehead atoms. The summed E-state index contributed by atoms with van der Waals surface area (Å²) in [5.41, 5.74) is 0.457. The van der Waals surface area contributed by atoms with Crippen molar-refractivity contribution in [2.45, 2.75) is 0 Å². The molecule has 0 amide bonds. The van der Waals surface area contributed by atoms with Gasteiger partial charge in [-0.05, 0) is 23.6 Å². The SMILES string of the molecule is O=C(COc1cccc2ccccc12)OCCOC(=O)c1ccccc1. The lowest BCUT2D eigenvalue weighted by Gasteiger charge is -2.09. The van der Waals surface area contributed by atoms with Crippen molar-refractivity contribution in [3.8, 4) is 5.75 Å². The summed E-state index contributed by atoms with van der Waals surface area (Å²) >= 11 is 0. The summed E-state index contributed by atoms with van der Waals surface area (Å²) in [7, 11) is 0. The molecular weight excluding hydrogens is 332 g/mol. The molecular formula is C21H18O5. The van der Waals surface area contributed by atoms with Crippen LogP contribution in [0.3, 0.4) is 0 Å². The Morgan fingerprint density at radius 2 is 1.42 bits per heavy atom. The van der Waals surface area contributed by atoms with Gasteiger partial charge in [0.1, 0.15) is 19.0 Å². The van der Waals surface area contributed by atoms with Crippen LogP contribution in [0.15, 0.2) is 72.8 Å². The summed E-state index contributed by atoms with van der Waals surface area (Å²) < 4.78 is 15.6. The van der Waals surface area contributed by atoms with Crippen LogP contribution in [0.25, 0.3) is 10.8 Å². The molecule has 0 atom stereocenters. The lowest BCUT2D eigenvalue weighted by molar-refractivity contribution is -0.147. The van der Waals surface area contributed by atoms with Gasteiger partial charge < -0.3 is 14.2 Å². The van der Waals surface area contributed by atoms with E-state index >= 15 is 0 Å². The van der Waals surface area contributed by atoms with Crippen molar-refractivity contribution in [1.82, 2.24) is 0 Å². The van der Waals surface area contributed by atoms with E-state index in [0.29, 0.717) is 11.3 Å². The van der Waals surface area contributed by atoms with E-state index in [1.54, 1.807) is 30.3 Å². The topological polar surface area (TPSA) is 61.8 Å². The van der Waals surface area contributed by atoms with Crippen molar-refractivity contribution < 1.29 is 23.8 Å². The average molecular weight is 350 g/mol. The van der Waals surface area contributed by atoms with E-state index in [1.165, 1.54) is 0 Å². The zero-order valence-electron chi connectivity index (χ0n) is 14.1. The minimum atomic E-state index is -0.520. The summed E-state index contributed by atoms with van der Waals surface area (Å²) in [5.74, 6) is -0.349. The molecule has 0 spiro atoms. The zero-order valence-corrected chi connectivity index (χ0v) is 14.1. The van der Waals surface area contributed by atoms with E-state index < -0.39 is 11.9 Å². The second-order valence-corrected chi connectivity index (χ2v) is 5.49. The first kappa shape index (κ1) is 17.5. The van der Waals surface area contributed by atoms with Crippen molar-refractivity contribution >= 4 is 22.7 Å². The molecule has 0 N–H and O–H groups in total. The summed E-state index contributed by atoms with van der Waals surface area (Å²) in [6, 6.07) is 22.0. The molecule has 132 valence electrons. The van der Waals surface area contributed by atoms with Crippen LogP contribution in [-0.4, -0.2) is 31.8 Å². The molecule has 0 aliphatic rings. The fourth-order valence-electron chi connectivity index (χ4n) is 2.45. The van der Waals surface area contributed by atoms with E-state index in [1.807, 2.05) is 42.5 Å². The fraction of sp³-hybridized carbons (Fsp3) is 0.143. The summed E-state index contributed by atoms with van der Waals surface area (Å²) in [6.45, 7) is -0.231. The van der Waals surface area contributed by atoms with Crippen LogP contribution >= 0.6 is 0 Å². The first-order valence-corrected chi connectivity index (χ1v) is 8.22. The predicted octanol–water partition coefficient (Wildman–Crippen LogP) is 3.62. The van der Waals surface area contributed by atoms with Crippen molar-refractivity contribution in [1.29, 1.82) is 0 Å². The van der Waals surface area contributed by atoms with Gasteiger partial charge in [-0.15, -0.1) is 0 Å². The third-order valence-corrected chi connectivity index (χ3v) is 3.68. The molecule has 0 heterocycles. The van der Waals surface area contributed by atoms with Crippen LogP contribution < -0.4 is 4.74 Å². The van der Waals surface area contributed by atoms with Gasteiger partial charge in [0, 0.05) is 5.39 Å².